The first-order chi connectivity index (χ1) is 14.4. The third-order valence-electron chi connectivity index (χ3n) is 6.95. The number of aryl methyl sites for hydroxylation is 1. The molecule has 5 heteroatoms. The summed E-state index contributed by atoms with van der Waals surface area (Å²) in [4.78, 5) is 13.3. The summed E-state index contributed by atoms with van der Waals surface area (Å²) in [5.41, 5.74) is 2.85. The highest BCUT2D eigenvalue weighted by atomic mass is 16.6. The summed E-state index contributed by atoms with van der Waals surface area (Å²) < 4.78 is 6.83. The van der Waals surface area contributed by atoms with E-state index >= 15 is 0 Å². The highest BCUT2D eigenvalue weighted by Crippen LogP contribution is 2.58. The van der Waals surface area contributed by atoms with Crippen molar-refractivity contribution in [3.63, 3.8) is 0 Å². The number of hydrogen-bond donors (Lipinski definition) is 0. The van der Waals surface area contributed by atoms with E-state index in [4.69, 9.17) is 4.74 Å². The predicted molar refractivity (Wildman–Crippen MR) is 119 cm³/mol. The smallest absolute Gasteiger partial charge is 0.269 e. The minimum Gasteiger partial charge on any atom is -0.467 e. The van der Waals surface area contributed by atoms with Crippen molar-refractivity contribution in [3.8, 4) is 5.75 Å². The van der Waals surface area contributed by atoms with Crippen LogP contribution in [0.3, 0.4) is 0 Å². The van der Waals surface area contributed by atoms with Crippen molar-refractivity contribution >= 4 is 22.1 Å². The van der Waals surface area contributed by atoms with E-state index in [-0.39, 0.29) is 16.0 Å². The summed E-state index contributed by atoms with van der Waals surface area (Å²) in [5.74, 6) is 0.762. The number of nitro groups is 1. The van der Waals surface area contributed by atoms with Crippen LogP contribution in [-0.2, 0) is 11.8 Å². The minimum atomic E-state index is -0.515. The van der Waals surface area contributed by atoms with Gasteiger partial charge in [-0.1, -0.05) is 37.3 Å². The molecule has 0 N–H and O–H groups in total. The number of fused-ring (bicyclic) bond motifs is 4. The molecule has 0 aromatic heterocycles. The van der Waals surface area contributed by atoms with Crippen molar-refractivity contribution in [1.29, 1.82) is 0 Å². The monoisotopic (exact) mass is 402 g/mol. The molecule has 3 aromatic carbocycles. The average molecular weight is 402 g/mol. The van der Waals surface area contributed by atoms with Gasteiger partial charge >= 0.3 is 0 Å². The fourth-order valence-electron chi connectivity index (χ4n) is 5.54. The van der Waals surface area contributed by atoms with E-state index in [9.17, 15) is 10.1 Å². The fraction of sp³-hybridized carbons (Fsp3) is 0.360. The Balaban J connectivity index is 1.69. The molecule has 1 spiro atoms. The Morgan fingerprint density at radius 3 is 2.70 bits per heavy atom. The Hall–Kier alpha value is -3.08. The van der Waals surface area contributed by atoms with Crippen molar-refractivity contribution in [2.75, 3.05) is 11.4 Å². The van der Waals surface area contributed by atoms with Crippen LogP contribution in [0, 0.1) is 10.1 Å². The van der Waals surface area contributed by atoms with Crippen LogP contribution in [0.2, 0.25) is 0 Å². The first-order valence-electron chi connectivity index (χ1n) is 10.7. The summed E-state index contributed by atoms with van der Waals surface area (Å²) in [6, 6.07) is 18.0. The van der Waals surface area contributed by atoms with Gasteiger partial charge in [0.25, 0.3) is 5.69 Å². The Morgan fingerprint density at radius 2 is 1.93 bits per heavy atom. The zero-order valence-corrected chi connectivity index (χ0v) is 17.6. The van der Waals surface area contributed by atoms with E-state index in [0.717, 1.165) is 37.1 Å². The lowest BCUT2D eigenvalue weighted by Gasteiger charge is -2.50. The van der Waals surface area contributed by atoms with Gasteiger partial charge in [-0.2, -0.15) is 0 Å². The number of benzene rings is 3. The number of hydrogen-bond acceptors (Lipinski definition) is 4. The maximum absolute atomic E-state index is 11.2. The van der Waals surface area contributed by atoms with Gasteiger partial charge in [-0.05, 0) is 55.2 Å². The van der Waals surface area contributed by atoms with E-state index < -0.39 is 5.72 Å². The van der Waals surface area contributed by atoms with Gasteiger partial charge in [-0.25, -0.2) is 0 Å². The van der Waals surface area contributed by atoms with E-state index in [2.05, 4.69) is 62.1 Å². The zero-order chi connectivity index (χ0) is 21.1. The zero-order valence-electron chi connectivity index (χ0n) is 17.6. The number of ether oxygens (including phenoxy) is 1. The third kappa shape index (κ3) is 2.41. The topological polar surface area (TPSA) is 55.6 Å². The Morgan fingerprint density at radius 1 is 1.13 bits per heavy atom. The lowest BCUT2D eigenvalue weighted by molar-refractivity contribution is -0.385. The van der Waals surface area contributed by atoms with Crippen LogP contribution >= 0.6 is 0 Å². The molecule has 0 fully saturated rings. The first kappa shape index (κ1) is 18.9. The molecule has 0 aliphatic carbocycles. The van der Waals surface area contributed by atoms with E-state index in [1.54, 1.807) is 18.2 Å². The Labute approximate surface area is 176 Å². The summed E-state index contributed by atoms with van der Waals surface area (Å²) in [5, 5.41) is 13.7. The van der Waals surface area contributed by atoms with Crippen molar-refractivity contribution in [2.24, 2.45) is 0 Å². The van der Waals surface area contributed by atoms with Gasteiger partial charge in [-0.3, -0.25) is 10.1 Å². The SMILES string of the molecule is CCCN1c2ccc3ccccc3c2C(C)(C)C12CCc1cc([N+](=O)[O-])ccc1O2. The molecule has 2 aliphatic heterocycles. The summed E-state index contributed by atoms with van der Waals surface area (Å²) in [6.07, 6.45) is 2.56. The predicted octanol–water partition coefficient (Wildman–Crippen LogP) is 5.98. The standard InChI is InChI=1S/C25H26N2O3/c1-4-15-26-21-11-9-17-7-5-6-8-20(17)23(21)24(2,3)25(26)14-13-18-16-19(27(28)29)10-12-22(18)30-25/h5-12,16H,4,13-15H2,1-3H3. The maximum atomic E-state index is 11.2. The van der Waals surface area contributed by atoms with Crippen molar-refractivity contribution in [3.05, 3.63) is 75.8 Å². The summed E-state index contributed by atoms with van der Waals surface area (Å²) in [6.45, 7) is 7.66. The molecule has 1 unspecified atom stereocenters. The molecule has 2 aliphatic rings. The lowest BCUT2D eigenvalue weighted by Crippen LogP contribution is -2.61. The van der Waals surface area contributed by atoms with Gasteiger partial charge in [0.1, 0.15) is 5.75 Å². The van der Waals surface area contributed by atoms with Gasteiger partial charge in [-0.15, -0.1) is 0 Å². The van der Waals surface area contributed by atoms with Gasteiger partial charge in [0, 0.05) is 36.3 Å². The highest BCUT2D eigenvalue weighted by Gasteiger charge is 2.60. The van der Waals surface area contributed by atoms with E-state index in [1.807, 2.05) is 0 Å². The molecule has 0 radical (unpaired) electrons. The third-order valence-corrected chi connectivity index (χ3v) is 6.95. The van der Waals surface area contributed by atoms with Crippen molar-refractivity contribution in [1.82, 2.24) is 0 Å². The van der Waals surface area contributed by atoms with Gasteiger partial charge < -0.3 is 9.64 Å². The lowest BCUT2D eigenvalue weighted by atomic mass is 9.72. The van der Waals surface area contributed by atoms with Crippen LogP contribution in [0.15, 0.2) is 54.6 Å². The molecule has 0 bridgehead atoms. The van der Waals surface area contributed by atoms with Crippen LogP contribution in [0.4, 0.5) is 11.4 Å². The van der Waals surface area contributed by atoms with Crippen molar-refractivity contribution in [2.45, 2.75) is 51.2 Å². The highest BCUT2D eigenvalue weighted by molar-refractivity contribution is 5.93. The Kier molecular flexibility index (Phi) is 4.07. The minimum absolute atomic E-state index is 0.124. The van der Waals surface area contributed by atoms with Crippen LogP contribution in [0.1, 0.15) is 44.7 Å². The van der Waals surface area contributed by atoms with Crippen LogP contribution < -0.4 is 9.64 Å². The van der Waals surface area contributed by atoms with Crippen LogP contribution in [0.5, 0.6) is 5.75 Å². The van der Waals surface area contributed by atoms with Crippen molar-refractivity contribution < 1.29 is 9.66 Å². The summed E-state index contributed by atoms with van der Waals surface area (Å²) in [7, 11) is 0. The van der Waals surface area contributed by atoms with Gasteiger partial charge in [0.2, 0.25) is 0 Å². The molecule has 0 saturated heterocycles. The molecular weight excluding hydrogens is 376 g/mol. The Bertz CT molecular complexity index is 1170. The molecule has 154 valence electrons. The van der Waals surface area contributed by atoms with Gasteiger partial charge in [0.05, 0.1) is 10.3 Å². The molecule has 0 saturated carbocycles. The molecule has 2 heterocycles. The molecule has 3 aromatic rings. The summed E-state index contributed by atoms with van der Waals surface area (Å²) >= 11 is 0. The van der Waals surface area contributed by atoms with Crippen LogP contribution in [0.25, 0.3) is 10.8 Å². The normalized spacial score (nSPS) is 21.4. The van der Waals surface area contributed by atoms with E-state index in [1.165, 1.54) is 22.0 Å². The van der Waals surface area contributed by atoms with Gasteiger partial charge in [0.15, 0.2) is 5.72 Å². The second-order valence-electron chi connectivity index (χ2n) is 8.89. The first-order valence-corrected chi connectivity index (χ1v) is 10.7. The van der Waals surface area contributed by atoms with E-state index in [0.29, 0.717) is 0 Å². The number of non-ortho nitro benzene ring substituents is 1. The van der Waals surface area contributed by atoms with Crippen LogP contribution in [-0.4, -0.2) is 17.2 Å². The quantitative estimate of drug-likeness (QED) is 0.400. The number of anilines is 1. The number of nitrogens with zero attached hydrogens (tertiary/aromatic N) is 2. The molecule has 1 atom stereocenters. The fourth-order valence-corrected chi connectivity index (χ4v) is 5.54. The molecule has 30 heavy (non-hydrogen) atoms. The maximum Gasteiger partial charge on any atom is 0.269 e. The largest absolute Gasteiger partial charge is 0.467 e. The number of nitro benzene ring substituents is 1. The number of rotatable bonds is 3. The average Bonchev–Trinajstić information content (AvgIpc) is 2.92. The molecule has 5 nitrogen and oxygen atoms in total. The molecular formula is C25H26N2O3. The second-order valence-corrected chi connectivity index (χ2v) is 8.89. The molecule has 0 amide bonds. The molecule has 5 rings (SSSR count). The second kappa shape index (κ2) is 6.46.